The third-order valence-corrected chi connectivity index (χ3v) is 6.95. The lowest BCUT2D eigenvalue weighted by Crippen LogP contribution is -2.21. The standard InChI is InChI=1S/C28H22ClN3O6S/c1-37-22-13-9-20(10-14-22)28(34)38-23-6-4-5-19(17-23)18-30-31-27(33)25-7-2-3-8-26(25)32-39(35,36)24-15-11-21(29)12-16-24/h2-18,32H,1H3,(H,31,33)/b30-18-. The molecule has 2 N–H and O–H groups in total. The average molecular weight is 564 g/mol. The van der Waals surface area contributed by atoms with Gasteiger partial charge in [0.05, 0.1) is 35.0 Å². The Bertz CT molecular complexity index is 1620. The van der Waals surface area contributed by atoms with Crippen molar-refractivity contribution in [3.05, 3.63) is 119 Å². The van der Waals surface area contributed by atoms with Crippen molar-refractivity contribution in [2.75, 3.05) is 11.8 Å². The van der Waals surface area contributed by atoms with Crippen LogP contribution >= 0.6 is 11.6 Å². The number of carbonyl (C=O) groups is 2. The van der Waals surface area contributed by atoms with Gasteiger partial charge in [0.25, 0.3) is 15.9 Å². The van der Waals surface area contributed by atoms with Crippen LogP contribution in [0.1, 0.15) is 26.3 Å². The molecule has 0 atom stereocenters. The largest absolute Gasteiger partial charge is 0.497 e. The Balaban J connectivity index is 1.41. The number of ether oxygens (including phenoxy) is 2. The molecule has 0 radical (unpaired) electrons. The van der Waals surface area contributed by atoms with Crippen LogP contribution in [-0.2, 0) is 10.0 Å². The average Bonchev–Trinajstić information content (AvgIpc) is 2.93. The number of halogens is 1. The van der Waals surface area contributed by atoms with Crippen molar-refractivity contribution in [2.45, 2.75) is 4.90 Å². The van der Waals surface area contributed by atoms with Crippen molar-refractivity contribution in [3.63, 3.8) is 0 Å². The predicted octanol–water partition coefficient (Wildman–Crippen LogP) is 5.13. The SMILES string of the molecule is COc1ccc(C(=O)Oc2cccc(/C=N\NC(=O)c3ccccc3NS(=O)(=O)c3ccc(Cl)cc3)c2)cc1. The Morgan fingerprint density at radius 2 is 1.59 bits per heavy atom. The molecule has 0 aromatic heterocycles. The van der Waals surface area contributed by atoms with E-state index in [0.717, 1.165) is 0 Å². The zero-order valence-electron chi connectivity index (χ0n) is 20.5. The van der Waals surface area contributed by atoms with E-state index in [9.17, 15) is 18.0 Å². The molecule has 1 amide bonds. The van der Waals surface area contributed by atoms with Crippen LogP contribution in [0.15, 0.2) is 107 Å². The highest BCUT2D eigenvalue weighted by molar-refractivity contribution is 7.92. The maximum Gasteiger partial charge on any atom is 0.343 e. The molecule has 0 aliphatic rings. The second-order valence-electron chi connectivity index (χ2n) is 7.99. The molecule has 11 heteroatoms. The van der Waals surface area contributed by atoms with E-state index in [1.165, 1.54) is 49.7 Å². The van der Waals surface area contributed by atoms with Crippen LogP contribution in [0.4, 0.5) is 5.69 Å². The Labute approximate surface area is 230 Å². The van der Waals surface area contributed by atoms with Crippen molar-refractivity contribution >= 4 is 45.4 Å². The minimum absolute atomic E-state index is 0.00675. The van der Waals surface area contributed by atoms with Crippen LogP contribution in [0.25, 0.3) is 0 Å². The summed E-state index contributed by atoms with van der Waals surface area (Å²) in [6.45, 7) is 0. The highest BCUT2D eigenvalue weighted by atomic mass is 35.5. The predicted molar refractivity (Wildman–Crippen MR) is 148 cm³/mol. The molecule has 0 saturated heterocycles. The number of benzene rings is 4. The number of hydrogen-bond donors (Lipinski definition) is 2. The van der Waals surface area contributed by atoms with Crippen LogP contribution in [0.2, 0.25) is 5.02 Å². The monoisotopic (exact) mass is 563 g/mol. The fourth-order valence-corrected chi connectivity index (χ4v) is 4.57. The number of hydrazone groups is 1. The van der Waals surface area contributed by atoms with Gasteiger partial charge in [0.2, 0.25) is 0 Å². The van der Waals surface area contributed by atoms with Crippen LogP contribution in [0.3, 0.4) is 0 Å². The Hall–Kier alpha value is -4.67. The van der Waals surface area contributed by atoms with Gasteiger partial charge in [-0.25, -0.2) is 18.6 Å². The summed E-state index contributed by atoms with van der Waals surface area (Å²) in [5.41, 5.74) is 3.42. The van der Waals surface area contributed by atoms with E-state index in [0.29, 0.717) is 21.9 Å². The summed E-state index contributed by atoms with van der Waals surface area (Å²) in [5, 5.41) is 4.35. The number of rotatable bonds is 9. The molecular formula is C28H22ClN3O6S. The van der Waals surface area contributed by atoms with Crippen molar-refractivity contribution in [1.82, 2.24) is 5.43 Å². The van der Waals surface area contributed by atoms with Crippen LogP contribution in [-0.4, -0.2) is 33.6 Å². The lowest BCUT2D eigenvalue weighted by Gasteiger charge is -2.11. The van der Waals surface area contributed by atoms with Gasteiger partial charge in [-0.1, -0.05) is 35.9 Å². The molecule has 0 saturated carbocycles. The fourth-order valence-electron chi connectivity index (χ4n) is 3.36. The lowest BCUT2D eigenvalue weighted by atomic mass is 10.2. The molecule has 0 heterocycles. The molecule has 4 rings (SSSR count). The number of sulfonamides is 1. The number of carbonyl (C=O) groups excluding carboxylic acids is 2. The number of anilines is 1. The molecule has 0 fully saturated rings. The van der Waals surface area contributed by atoms with Crippen LogP contribution < -0.4 is 19.6 Å². The minimum atomic E-state index is -3.96. The van der Waals surface area contributed by atoms with E-state index in [-0.39, 0.29) is 21.9 Å². The third-order valence-electron chi connectivity index (χ3n) is 5.31. The summed E-state index contributed by atoms with van der Waals surface area (Å²) in [4.78, 5) is 25.2. The first-order chi connectivity index (χ1) is 18.7. The molecule has 0 unspecified atom stereocenters. The fraction of sp³-hybridized carbons (Fsp3) is 0.0357. The molecule has 0 aliphatic heterocycles. The van der Waals surface area contributed by atoms with Gasteiger partial charge in [0.1, 0.15) is 11.5 Å². The van der Waals surface area contributed by atoms with Gasteiger partial charge in [-0.05, 0) is 78.4 Å². The summed E-state index contributed by atoms with van der Waals surface area (Å²) >= 11 is 5.84. The first-order valence-electron chi connectivity index (χ1n) is 11.4. The summed E-state index contributed by atoms with van der Waals surface area (Å²) in [6, 6.07) is 24.8. The van der Waals surface area contributed by atoms with Gasteiger partial charge in [-0.15, -0.1) is 0 Å². The van der Waals surface area contributed by atoms with E-state index in [4.69, 9.17) is 21.1 Å². The first-order valence-corrected chi connectivity index (χ1v) is 13.3. The topological polar surface area (TPSA) is 123 Å². The maximum atomic E-state index is 12.8. The van der Waals surface area contributed by atoms with Crippen molar-refractivity contribution < 1.29 is 27.5 Å². The van der Waals surface area contributed by atoms with Gasteiger partial charge >= 0.3 is 5.97 Å². The van der Waals surface area contributed by atoms with E-state index >= 15 is 0 Å². The van der Waals surface area contributed by atoms with E-state index in [2.05, 4.69) is 15.2 Å². The molecular weight excluding hydrogens is 542 g/mol. The maximum absolute atomic E-state index is 12.8. The van der Waals surface area contributed by atoms with Gasteiger partial charge in [-0.3, -0.25) is 9.52 Å². The molecule has 0 aliphatic carbocycles. The quantitative estimate of drug-likeness (QED) is 0.126. The molecule has 39 heavy (non-hydrogen) atoms. The summed E-state index contributed by atoms with van der Waals surface area (Å²) in [6.07, 6.45) is 1.36. The number of hydrogen-bond acceptors (Lipinski definition) is 7. The summed E-state index contributed by atoms with van der Waals surface area (Å²) in [7, 11) is -2.43. The number of amides is 1. The number of nitrogens with zero attached hydrogens (tertiary/aromatic N) is 1. The van der Waals surface area contributed by atoms with Gasteiger partial charge in [-0.2, -0.15) is 5.10 Å². The highest BCUT2D eigenvalue weighted by Crippen LogP contribution is 2.22. The van der Waals surface area contributed by atoms with Gasteiger partial charge in [0.15, 0.2) is 0 Å². The Morgan fingerprint density at radius 3 is 2.31 bits per heavy atom. The Morgan fingerprint density at radius 1 is 0.872 bits per heavy atom. The third kappa shape index (κ3) is 7.22. The smallest absolute Gasteiger partial charge is 0.343 e. The summed E-state index contributed by atoms with van der Waals surface area (Å²) < 4.78 is 38.4. The van der Waals surface area contributed by atoms with Crippen molar-refractivity contribution in [2.24, 2.45) is 5.10 Å². The highest BCUT2D eigenvalue weighted by Gasteiger charge is 2.18. The van der Waals surface area contributed by atoms with Crippen molar-refractivity contribution in [1.29, 1.82) is 0 Å². The van der Waals surface area contributed by atoms with Crippen molar-refractivity contribution in [3.8, 4) is 11.5 Å². The van der Waals surface area contributed by atoms with E-state index in [1.807, 2.05) is 0 Å². The molecule has 9 nitrogen and oxygen atoms in total. The van der Waals surface area contributed by atoms with Crippen LogP contribution in [0, 0.1) is 0 Å². The lowest BCUT2D eigenvalue weighted by molar-refractivity contribution is 0.0734. The van der Waals surface area contributed by atoms with Gasteiger partial charge in [0, 0.05) is 5.02 Å². The molecule has 4 aromatic rings. The number of para-hydroxylation sites is 1. The zero-order chi connectivity index (χ0) is 27.8. The molecule has 0 spiro atoms. The molecule has 0 bridgehead atoms. The second-order valence-corrected chi connectivity index (χ2v) is 10.1. The van der Waals surface area contributed by atoms with Gasteiger partial charge < -0.3 is 9.47 Å². The number of esters is 1. The second kappa shape index (κ2) is 12.2. The van der Waals surface area contributed by atoms with E-state index < -0.39 is 21.9 Å². The minimum Gasteiger partial charge on any atom is -0.497 e. The Kier molecular flexibility index (Phi) is 8.60. The molecule has 198 valence electrons. The summed E-state index contributed by atoms with van der Waals surface area (Å²) in [5.74, 6) is -0.276. The molecule has 4 aromatic carbocycles. The zero-order valence-corrected chi connectivity index (χ0v) is 22.1. The number of nitrogens with one attached hydrogen (secondary N) is 2. The normalized spacial score (nSPS) is 11.1. The van der Waals surface area contributed by atoms with E-state index in [1.54, 1.807) is 60.7 Å². The first kappa shape index (κ1) is 27.4. The van der Waals surface area contributed by atoms with Crippen LogP contribution in [0.5, 0.6) is 11.5 Å². The number of methoxy groups -OCH3 is 1.